The zero-order chi connectivity index (χ0) is 17.0. The van der Waals surface area contributed by atoms with E-state index in [0.29, 0.717) is 23.9 Å². The smallest absolute Gasteiger partial charge is 0.149 e. The molecule has 0 heterocycles. The van der Waals surface area contributed by atoms with E-state index in [1.165, 1.54) is 5.57 Å². The second-order valence-electron chi connectivity index (χ2n) is 9.67. The highest BCUT2D eigenvalue weighted by Crippen LogP contribution is 2.72. The number of hydrogen-bond donors (Lipinski definition) is 0. The molecule has 2 nitrogen and oxygen atoms in total. The van der Waals surface area contributed by atoms with Gasteiger partial charge in [-0.3, -0.25) is 9.59 Å². The number of hydrogen-bond acceptors (Lipinski definition) is 2. The molecule has 5 aliphatic carbocycles. The standard InChI is InChI=1S/C21H28O2/c1-12-11-13-14-7-9-20(6,17(23)18(14,2)3)16(13)19(4,5)21(12)10-8-15(21)22/h7,9,11,13-14,16H,8,10H2,1-6H3. The Labute approximate surface area is 139 Å². The Morgan fingerprint density at radius 3 is 2.26 bits per heavy atom. The normalized spacial score (nSPS) is 49.0. The molecule has 2 fully saturated rings. The summed E-state index contributed by atoms with van der Waals surface area (Å²) in [6.07, 6.45) is 8.46. The lowest BCUT2D eigenvalue weighted by Gasteiger charge is -2.68. The number of rotatable bonds is 0. The van der Waals surface area contributed by atoms with Gasteiger partial charge >= 0.3 is 0 Å². The fourth-order valence-electron chi connectivity index (χ4n) is 7.14. The van der Waals surface area contributed by atoms with E-state index >= 15 is 0 Å². The molecule has 0 aliphatic heterocycles. The Hall–Kier alpha value is -1.18. The van der Waals surface area contributed by atoms with Crippen molar-refractivity contribution in [3.63, 3.8) is 0 Å². The van der Waals surface area contributed by atoms with Crippen LogP contribution in [0.1, 0.15) is 54.4 Å². The van der Waals surface area contributed by atoms with Gasteiger partial charge in [0.05, 0.1) is 5.41 Å². The van der Waals surface area contributed by atoms with Gasteiger partial charge in [-0.15, -0.1) is 0 Å². The average Bonchev–Trinajstić information content (AvgIpc) is 2.42. The third-order valence-electron chi connectivity index (χ3n) is 8.20. The van der Waals surface area contributed by atoms with Crippen LogP contribution >= 0.6 is 0 Å². The van der Waals surface area contributed by atoms with Crippen molar-refractivity contribution in [3.8, 4) is 0 Å². The maximum atomic E-state index is 13.3. The van der Waals surface area contributed by atoms with Crippen molar-refractivity contribution in [2.45, 2.75) is 54.4 Å². The van der Waals surface area contributed by atoms with Crippen LogP contribution in [0.5, 0.6) is 0 Å². The quantitative estimate of drug-likeness (QED) is 0.623. The van der Waals surface area contributed by atoms with Crippen molar-refractivity contribution in [1.82, 2.24) is 0 Å². The first-order valence-corrected chi connectivity index (χ1v) is 8.98. The van der Waals surface area contributed by atoms with Gasteiger partial charge in [-0.05, 0) is 43.4 Å². The van der Waals surface area contributed by atoms with E-state index < -0.39 is 5.41 Å². The van der Waals surface area contributed by atoms with Gasteiger partial charge in [-0.1, -0.05) is 51.5 Å². The Bertz CT molecular complexity index is 693. The molecule has 5 unspecified atom stereocenters. The van der Waals surface area contributed by atoms with Gasteiger partial charge in [0.25, 0.3) is 0 Å². The third-order valence-corrected chi connectivity index (χ3v) is 8.20. The van der Waals surface area contributed by atoms with Crippen molar-refractivity contribution in [3.05, 3.63) is 23.8 Å². The second-order valence-corrected chi connectivity index (χ2v) is 9.67. The largest absolute Gasteiger partial charge is 0.299 e. The number of carbonyl (C=O) groups is 2. The molecule has 2 bridgehead atoms. The van der Waals surface area contributed by atoms with Crippen LogP contribution in [0, 0.1) is 39.4 Å². The summed E-state index contributed by atoms with van der Waals surface area (Å²) in [5, 5.41) is 0. The van der Waals surface area contributed by atoms with E-state index in [9.17, 15) is 9.59 Å². The minimum absolute atomic E-state index is 0.171. The van der Waals surface area contributed by atoms with Crippen LogP contribution in [0.2, 0.25) is 0 Å². The molecule has 5 aliphatic rings. The molecule has 0 saturated heterocycles. The zero-order valence-corrected chi connectivity index (χ0v) is 15.2. The predicted molar refractivity (Wildman–Crippen MR) is 90.7 cm³/mol. The number of Topliss-reactive ketones (excluding diaryl/α,β-unsaturated/α-hetero) is 2. The molecule has 2 heteroatoms. The lowest BCUT2D eigenvalue weighted by atomic mass is 9.33. The van der Waals surface area contributed by atoms with Gasteiger partial charge in [0.2, 0.25) is 0 Å². The SMILES string of the molecule is CC1=CC2C3C=CC(C)(C(=O)C3(C)C)C2C(C)(C)C12CCC2=O. The molecule has 5 atom stereocenters. The highest BCUT2D eigenvalue weighted by atomic mass is 16.1. The molecule has 1 spiro atoms. The fourth-order valence-corrected chi connectivity index (χ4v) is 7.14. The third kappa shape index (κ3) is 1.35. The first-order valence-electron chi connectivity index (χ1n) is 8.98. The Morgan fingerprint density at radius 1 is 1.09 bits per heavy atom. The highest BCUT2D eigenvalue weighted by Gasteiger charge is 2.71. The van der Waals surface area contributed by atoms with E-state index in [1.807, 2.05) is 0 Å². The van der Waals surface area contributed by atoms with Crippen LogP contribution in [0.25, 0.3) is 0 Å². The van der Waals surface area contributed by atoms with Gasteiger partial charge in [0.15, 0.2) is 0 Å². The molecule has 0 amide bonds. The van der Waals surface area contributed by atoms with E-state index in [4.69, 9.17) is 0 Å². The number of ketones is 2. The maximum Gasteiger partial charge on any atom is 0.149 e. The summed E-state index contributed by atoms with van der Waals surface area (Å²) < 4.78 is 0. The molecular weight excluding hydrogens is 284 g/mol. The molecule has 5 rings (SSSR count). The van der Waals surface area contributed by atoms with E-state index in [-0.39, 0.29) is 28.1 Å². The van der Waals surface area contributed by atoms with Crippen LogP contribution < -0.4 is 0 Å². The number of carbonyl (C=O) groups excluding carboxylic acids is 2. The fraction of sp³-hybridized carbons (Fsp3) is 0.714. The van der Waals surface area contributed by atoms with Crippen molar-refractivity contribution >= 4 is 11.6 Å². The molecule has 0 aromatic rings. The highest BCUT2D eigenvalue weighted by molar-refractivity contribution is 5.97. The predicted octanol–water partition coefficient (Wildman–Crippen LogP) is 4.36. The molecule has 23 heavy (non-hydrogen) atoms. The van der Waals surface area contributed by atoms with Gasteiger partial charge in [-0.25, -0.2) is 0 Å². The summed E-state index contributed by atoms with van der Waals surface area (Å²) in [5.74, 6) is 1.59. The van der Waals surface area contributed by atoms with Crippen LogP contribution in [-0.2, 0) is 9.59 Å². The number of allylic oxidation sites excluding steroid dienone is 4. The van der Waals surface area contributed by atoms with Crippen molar-refractivity contribution in [2.24, 2.45) is 39.4 Å². The monoisotopic (exact) mass is 312 g/mol. The summed E-state index contributed by atoms with van der Waals surface area (Å²) in [4.78, 5) is 26.0. The summed E-state index contributed by atoms with van der Waals surface area (Å²) in [6, 6.07) is 0. The molecule has 0 radical (unpaired) electrons. The molecule has 0 aromatic heterocycles. The van der Waals surface area contributed by atoms with Crippen LogP contribution in [0.4, 0.5) is 0 Å². The second kappa shape index (κ2) is 3.90. The van der Waals surface area contributed by atoms with Gasteiger partial charge < -0.3 is 0 Å². The number of fused-ring (bicyclic) bond motifs is 1. The average molecular weight is 312 g/mol. The summed E-state index contributed by atoms with van der Waals surface area (Å²) in [6.45, 7) is 13.0. The summed E-state index contributed by atoms with van der Waals surface area (Å²) in [5.41, 5.74) is -0.00586. The van der Waals surface area contributed by atoms with Gasteiger partial charge in [-0.2, -0.15) is 0 Å². The van der Waals surface area contributed by atoms with Gasteiger partial charge in [0.1, 0.15) is 11.6 Å². The molecule has 2 saturated carbocycles. The van der Waals surface area contributed by atoms with Gasteiger partial charge in [0, 0.05) is 17.3 Å². The molecule has 0 N–H and O–H groups in total. The summed E-state index contributed by atoms with van der Waals surface area (Å²) in [7, 11) is 0. The first kappa shape index (κ1) is 15.4. The van der Waals surface area contributed by atoms with Crippen molar-refractivity contribution in [2.75, 3.05) is 0 Å². The maximum absolute atomic E-state index is 13.3. The Morgan fingerprint density at radius 2 is 1.74 bits per heavy atom. The van der Waals surface area contributed by atoms with Crippen LogP contribution in [0.15, 0.2) is 23.8 Å². The lowest BCUT2D eigenvalue weighted by molar-refractivity contribution is -0.177. The topological polar surface area (TPSA) is 34.1 Å². The molecule has 124 valence electrons. The van der Waals surface area contributed by atoms with Crippen molar-refractivity contribution in [1.29, 1.82) is 0 Å². The lowest BCUT2D eigenvalue weighted by Crippen LogP contribution is -2.68. The van der Waals surface area contributed by atoms with E-state index in [2.05, 4.69) is 59.8 Å². The minimum Gasteiger partial charge on any atom is -0.299 e. The van der Waals surface area contributed by atoms with E-state index in [0.717, 1.165) is 6.42 Å². The Balaban J connectivity index is 1.98. The van der Waals surface area contributed by atoms with Crippen LogP contribution in [0.3, 0.4) is 0 Å². The van der Waals surface area contributed by atoms with E-state index in [1.54, 1.807) is 0 Å². The summed E-state index contributed by atoms with van der Waals surface area (Å²) >= 11 is 0. The first-order chi connectivity index (χ1) is 10.5. The zero-order valence-electron chi connectivity index (χ0n) is 15.2. The molecular formula is C21H28O2. The minimum atomic E-state index is -0.452. The van der Waals surface area contributed by atoms with Crippen LogP contribution in [-0.4, -0.2) is 11.6 Å². The van der Waals surface area contributed by atoms with Crippen molar-refractivity contribution < 1.29 is 9.59 Å². The Kier molecular flexibility index (Phi) is 2.60. The molecule has 0 aromatic carbocycles.